The molecule has 1 amide bonds. The average molecular weight is 381 g/mol. The third-order valence-corrected chi connectivity index (χ3v) is 3.81. The summed E-state index contributed by atoms with van der Waals surface area (Å²) in [6, 6.07) is 6.42. The minimum atomic E-state index is -0.990. The number of carboxylic acids is 1. The normalized spacial score (nSPS) is 14.5. The van der Waals surface area contributed by atoms with Crippen LogP contribution in [-0.2, 0) is 9.59 Å². The number of hydrogen-bond acceptors (Lipinski definition) is 6. The molecule has 0 radical (unpaired) electrons. The monoisotopic (exact) mass is 381 g/mol. The first-order valence-electron chi connectivity index (χ1n) is 9.07. The summed E-state index contributed by atoms with van der Waals surface area (Å²) in [6.07, 6.45) is 7.77. The van der Waals surface area contributed by atoms with Crippen LogP contribution in [0.2, 0.25) is 0 Å². The molecule has 27 heavy (non-hydrogen) atoms. The molecule has 1 atom stereocenters. The molecule has 8 N–H and O–H groups in total. The number of hydrogen-bond donors (Lipinski definition) is 5. The zero-order valence-electron chi connectivity index (χ0n) is 16.9. The number of nitrogens with one attached hydrogen (secondary N) is 1. The highest BCUT2D eigenvalue weighted by Crippen LogP contribution is 2.14. The summed E-state index contributed by atoms with van der Waals surface area (Å²) in [4.78, 5) is 30.7. The van der Waals surface area contributed by atoms with E-state index in [2.05, 4.69) is 5.32 Å². The zero-order chi connectivity index (χ0) is 20.7. The lowest BCUT2D eigenvalue weighted by Crippen LogP contribution is -2.32. The number of nitrogens with two attached hydrogens (primary N) is 3. The Bertz CT molecular complexity index is 564. The molecule has 0 heterocycles. The fourth-order valence-electron chi connectivity index (χ4n) is 2.29. The van der Waals surface area contributed by atoms with Crippen molar-refractivity contribution in [3.05, 3.63) is 29.8 Å². The number of aliphatic carboxylic acids is 1. The van der Waals surface area contributed by atoms with Crippen molar-refractivity contribution in [2.45, 2.75) is 57.5 Å². The van der Waals surface area contributed by atoms with Crippen LogP contribution >= 0.6 is 0 Å². The lowest BCUT2D eigenvalue weighted by atomic mass is 9.97. The molecule has 1 saturated carbocycles. The predicted molar refractivity (Wildman–Crippen MR) is 108 cm³/mol. The average Bonchev–Trinajstić information content (AvgIpc) is 2.64. The summed E-state index contributed by atoms with van der Waals surface area (Å²) in [5.41, 5.74) is 17.0. The minimum Gasteiger partial charge on any atom is -0.480 e. The van der Waals surface area contributed by atoms with Crippen LogP contribution in [0, 0.1) is 0 Å². The third-order valence-electron chi connectivity index (χ3n) is 3.81. The third kappa shape index (κ3) is 13.6. The first-order valence-corrected chi connectivity index (χ1v) is 9.07. The van der Waals surface area contributed by atoms with Gasteiger partial charge in [-0.2, -0.15) is 0 Å². The molecular weight excluding hydrogens is 348 g/mol. The van der Waals surface area contributed by atoms with Gasteiger partial charge >= 0.3 is 7.40 Å². The summed E-state index contributed by atoms with van der Waals surface area (Å²) >= 11 is 0. The van der Waals surface area contributed by atoms with E-state index < -0.39 is 12.0 Å². The van der Waals surface area contributed by atoms with E-state index in [1.165, 1.54) is 39.0 Å². The van der Waals surface area contributed by atoms with Crippen molar-refractivity contribution in [3.8, 4) is 0 Å². The number of anilines is 1. The Kier molecular flexibility index (Phi) is 13.6. The van der Waals surface area contributed by atoms with E-state index in [-0.39, 0.29) is 7.33 Å². The topological polar surface area (TPSA) is 162 Å². The highest BCUT2D eigenvalue weighted by atomic mass is 16.4. The molecule has 8 heteroatoms. The van der Waals surface area contributed by atoms with E-state index in [9.17, 15) is 14.4 Å². The Labute approximate surface area is 162 Å². The molecule has 0 saturated heterocycles. The first kappa shape index (κ1) is 24.7. The van der Waals surface area contributed by atoms with Gasteiger partial charge in [0.1, 0.15) is 12.3 Å². The molecule has 1 aliphatic rings. The van der Waals surface area contributed by atoms with E-state index >= 15 is 0 Å². The molecule has 0 unspecified atom stereocenters. The molecule has 0 bridgehead atoms. The summed E-state index contributed by atoms with van der Waals surface area (Å²) in [7, 11) is 0. The molecular formula is C19H33N4O4+. The Morgan fingerprint density at radius 2 is 1.81 bits per heavy atom. The zero-order valence-corrected chi connectivity index (χ0v) is 15.9. The Hall–Kier alpha value is -2.29. The van der Waals surface area contributed by atoms with Gasteiger partial charge in [0.05, 0.1) is 0 Å². The van der Waals surface area contributed by atoms with E-state index in [0.717, 1.165) is 6.29 Å². The second-order valence-electron chi connectivity index (χ2n) is 6.34. The molecule has 152 valence electrons. The van der Waals surface area contributed by atoms with Gasteiger partial charge in [0, 0.05) is 24.2 Å². The van der Waals surface area contributed by atoms with Crippen LogP contribution in [0.25, 0.3) is 0 Å². The van der Waals surface area contributed by atoms with Crippen LogP contribution in [0.5, 0.6) is 0 Å². The maximum atomic E-state index is 10.6. The Balaban J connectivity index is 0. The second kappa shape index (κ2) is 14.8. The highest BCUT2D eigenvalue weighted by Gasteiger charge is 2.08. The van der Waals surface area contributed by atoms with Gasteiger partial charge in [-0.05, 0) is 50.1 Å². The van der Waals surface area contributed by atoms with Gasteiger partial charge in [-0.3, -0.25) is 14.4 Å². The maximum Gasteiger partial charge on any atom is 1.00 e. The molecule has 0 aliphatic heterocycles. The van der Waals surface area contributed by atoms with Crippen molar-refractivity contribution in [1.29, 1.82) is 0 Å². The van der Waals surface area contributed by atoms with Crippen molar-refractivity contribution >= 4 is 23.9 Å². The van der Waals surface area contributed by atoms with Gasteiger partial charge in [-0.1, -0.05) is 19.3 Å². The van der Waals surface area contributed by atoms with Crippen LogP contribution < -0.4 is 22.5 Å². The summed E-state index contributed by atoms with van der Waals surface area (Å²) < 4.78 is 0. The fraction of sp³-hybridized carbons (Fsp3) is 0.526. The standard InChI is InChI=1S/C9H9NO2.C6H13N.C4H10N2O2/c1-7(12)10-9-4-2-8(6-11)3-5-9;7-6-4-2-1-3-5-6;5-2-1-3(6)4(7)8/h2-6H,1H3,(H,10,12);6H,1-5,7H2;3H,1-2,5-6H2,(H,7,8)/p+1/t;;3-/m..0/s1. The van der Waals surface area contributed by atoms with Gasteiger partial charge < -0.3 is 27.6 Å². The number of benzene rings is 1. The van der Waals surface area contributed by atoms with Crippen LogP contribution in [0.4, 0.5) is 5.69 Å². The van der Waals surface area contributed by atoms with Crippen molar-refractivity contribution in [2.75, 3.05) is 11.9 Å². The first-order chi connectivity index (χ1) is 12.8. The van der Waals surface area contributed by atoms with Gasteiger partial charge in [0.25, 0.3) is 0 Å². The number of rotatable bonds is 5. The molecule has 2 rings (SSSR count). The molecule has 1 aromatic carbocycles. The molecule has 0 aromatic heterocycles. The van der Waals surface area contributed by atoms with E-state index in [1.807, 2.05) is 0 Å². The van der Waals surface area contributed by atoms with E-state index in [4.69, 9.17) is 22.3 Å². The maximum absolute atomic E-state index is 10.6. The van der Waals surface area contributed by atoms with Gasteiger partial charge in [0.15, 0.2) is 0 Å². The van der Waals surface area contributed by atoms with Crippen LogP contribution in [0.15, 0.2) is 24.3 Å². The molecule has 0 spiro atoms. The lowest BCUT2D eigenvalue weighted by Gasteiger charge is -2.15. The van der Waals surface area contributed by atoms with Crippen LogP contribution in [0.1, 0.15) is 57.2 Å². The number of carboxylic acid groups (broad SMARTS) is 1. The largest absolute Gasteiger partial charge is 1.00 e. The quantitative estimate of drug-likeness (QED) is 0.484. The summed E-state index contributed by atoms with van der Waals surface area (Å²) in [5.74, 6) is -1.11. The van der Waals surface area contributed by atoms with E-state index in [0.29, 0.717) is 30.3 Å². The number of amides is 1. The van der Waals surface area contributed by atoms with Crippen molar-refractivity contribution in [2.24, 2.45) is 17.2 Å². The van der Waals surface area contributed by atoms with Gasteiger partial charge in [-0.25, -0.2) is 0 Å². The lowest BCUT2D eigenvalue weighted by molar-refractivity contribution is -0.138. The van der Waals surface area contributed by atoms with Crippen LogP contribution in [-0.4, -0.2) is 41.9 Å². The fourth-order valence-corrected chi connectivity index (χ4v) is 2.29. The Morgan fingerprint density at radius 1 is 1.26 bits per heavy atom. The highest BCUT2D eigenvalue weighted by molar-refractivity contribution is 5.89. The molecule has 1 aliphatic carbocycles. The van der Waals surface area contributed by atoms with Crippen molar-refractivity contribution < 1.29 is 20.9 Å². The number of carbonyl (C=O) groups excluding carboxylic acids is 2. The second-order valence-corrected chi connectivity index (χ2v) is 6.34. The smallest absolute Gasteiger partial charge is 0.480 e. The Morgan fingerprint density at radius 3 is 2.11 bits per heavy atom. The predicted octanol–water partition coefficient (Wildman–Crippen LogP) is 1.59. The number of aldehydes is 1. The van der Waals surface area contributed by atoms with Gasteiger partial charge in [-0.15, -0.1) is 0 Å². The number of carbonyl (C=O) groups is 3. The molecule has 8 nitrogen and oxygen atoms in total. The van der Waals surface area contributed by atoms with Gasteiger partial charge in [0.2, 0.25) is 5.91 Å². The molecule has 1 aromatic rings. The SMILES string of the molecule is CC(=O)Nc1ccc(C=O)cc1.NC1CCCCC1.NCC[C@H](N)C(=O)O.[H+]. The summed E-state index contributed by atoms with van der Waals surface area (Å²) in [6.45, 7) is 1.76. The van der Waals surface area contributed by atoms with Crippen molar-refractivity contribution in [3.63, 3.8) is 0 Å². The summed E-state index contributed by atoms with van der Waals surface area (Å²) in [5, 5.41) is 10.7. The molecule has 1 fully saturated rings. The van der Waals surface area contributed by atoms with Crippen molar-refractivity contribution in [1.82, 2.24) is 0 Å². The minimum absolute atomic E-state index is 0. The van der Waals surface area contributed by atoms with Crippen LogP contribution in [0.3, 0.4) is 0 Å². The van der Waals surface area contributed by atoms with E-state index in [1.54, 1.807) is 24.3 Å².